The minimum atomic E-state index is -1.56. The SMILES string of the molecule is CC(=O)N[C@H]1[C@H](OCCOCCOCCOCC(=O)NCCCCC(NC(=O)C(CCCCNC(=O)COCCOCCOCCO[C@@H]2O[C@H](CO)[C@H](O)[C@H](O)[C@H]2NC(C)=O)NC(=O)COCCOCCOCCO[C@@H]2O[C@H](CO)[C@H](O)[C@H](O)[C@H]2NC(C)=O)C(=O)O)O[C@H](C=O)[C@H](O)[C@@H]1O. The van der Waals surface area contributed by atoms with Gasteiger partial charge in [0.1, 0.15) is 105 Å². The van der Waals surface area contributed by atoms with Gasteiger partial charge in [0, 0.05) is 33.9 Å². The van der Waals surface area contributed by atoms with Crippen molar-refractivity contribution in [3.05, 3.63) is 0 Å². The molecule has 40 heteroatoms. The largest absolute Gasteiger partial charge is 0.480 e. The Bertz CT molecular complexity index is 2350. The third-order valence-corrected chi connectivity index (χ3v) is 14.9. The minimum Gasteiger partial charge on any atom is -0.480 e. The highest BCUT2D eigenvalue weighted by Crippen LogP contribution is 2.25. The Labute approximate surface area is 577 Å². The van der Waals surface area contributed by atoms with E-state index < -0.39 is 171 Å². The van der Waals surface area contributed by atoms with Crippen LogP contribution in [0.25, 0.3) is 0 Å². The summed E-state index contributed by atoms with van der Waals surface area (Å²) >= 11 is 0. The molecule has 0 aromatic rings. The van der Waals surface area contributed by atoms with Gasteiger partial charge in [-0.25, -0.2) is 4.79 Å². The van der Waals surface area contributed by atoms with E-state index >= 15 is 0 Å². The molecule has 578 valence electrons. The van der Waals surface area contributed by atoms with Crippen LogP contribution in [0.15, 0.2) is 0 Å². The Kier molecular flexibility index (Phi) is 46.5. The standard InChI is InChI=1S/C60H105N7O33/c1-36(71)63-47-53(80)50(77)41(30-68)98-58(47)95-27-24-89-15-12-86-18-21-92-33-44(74)61-10-6-4-8-39(66-46(76)35-94-23-20-88-14-17-91-26-29-97-60-49(65-38(3)73)55(82)52(79)43(32-70)100-60)56(83)67-40(57(84)85)9-5-7-11-62-45(75)34-93-22-19-87-13-16-90-25-28-96-59-48(64-37(2)72)54(81)51(78)42(31-69)99-59/h31,39-43,47-55,58-60,68,70,77-82H,4-30,32-35H2,1-3H3,(H,61,74)(H,62,75)(H,63,71)(H,64,72)(H,65,73)(H,66,76)(H,67,83)(H,84,85)/t39?,40?,41-,42-,43-,47-,48-,49-,50+,51+,52+,53-,54-,55-,58-,59-,60-/m1/s1. The first-order valence-corrected chi connectivity index (χ1v) is 33.0. The molecular weight excluding hydrogens is 1350 g/mol. The van der Waals surface area contributed by atoms with E-state index in [0.717, 1.165) is 0 Å². The van der Waals surface area contributed by atoms with Crippen molar-refractivity contribution in [3.8, 4) is 0 Å². The Balaban J connectivity index is 1.34. The van der Waals surface area contributed by atoms with Gasteiger partial charge >= 0.3 is 5.97 Å². The van der Waals surface area contributed by atoms with E-state index in [1.807, 2.05) is 0 Å². The molecule has 0 radical (unpaired) electrons. The van der Waals surface area contributed by atoms with Crippen molar-refractivity contribution in [2.45, 2.75) is 163 Å². The number of rotatable bonds is 56. The number of nitrogens with one attached hydrogen (secondary N) is 7. The fourth-order valence-electron chi connectivity index (χ4n) is 9.78. The highest BCUT2D eigenvalue weighted by atomic mass is 16.7. The first-order valence-electron chi connectivity index (χ1n) is 33.0. The van der Waals surface area contributed by atoms with Crippen molar-refractivity contribution < 1.29 is 160 Å². The first-order chi connectivity index (χ1) is 48.0. The molecule has 0 aromatic carbocycles. The summed E-state index contributed by atoms with van der Waals surface area (Å²) in [5.74, 6) is -5.23. The maximum Gasteiger partial charge on any atom is 0.326 e. The summed E-state index contributed by atoms with van der Waals surface area (Å²) in [7, 11) is 0. The lowest BCUT2D eigenvalue weighted by atomic mass is 9.97. The third kappa shape index (κ3) is 36.1. The number of amides is 7. The number of carbonyl (C=O) groups excluding carboxylic acids is 8. The van der Waals surface area contributed by atoms with E-state index in [1.165, 1.54) is 20.8 Å². The molecule has 3 aliphatic heterocycles. The van der Waals surface area contributed by atoms with Gasteiger partial charge in [0.15, 0.2) is 25.2 Å². The Morgan fingerprint density at radius 3 is 1.06 bits per heavy atom. The maximum atomic E-state index is 13.6. The number of aliphatic hydroxyl groups is 8. The van der Waals surface area contributed by atoms with Crippen LogP contribution in [0, 0.1) is 0 Å². The van der Waals surface area contributed by atoms with Crippen molar-refractivity contribution in [3.63, 3.8) is 0 Å². The first kappa shape index (κ1) is 88.7. The van der Waals surface area contributed by atoms with Crippen LogP contribution >= 0.6 is 0 Å². The third-order valence-electron chi connectivity index (χ3n) is 14.9. The number of aldehydes is 1. The summed E-state index contributed by atoms with van der Waals surface area (Å²) in [5, 5.41) is 108. The number of aliphatic hydroxyl groups excluding tert-OH is 8. The molecular formula is C60H105N7O33. The monoisotopic (exact) mass is 1450 g/mol. The van der Waals surface area contributed by atoms with Gasteiger partial charge in [0.25, 0.3) is 0 Å². The van der Waals surface area contributed by atoms with Crippen LogP contribution in [0.3, 0.4) is 0 Å². The summed E-state index contributed by atoms with van der Waals surface area (Å²) in [5.41, 5.74) is 0. The van der Waals surface area contributed by atoms with Crippen LogP contribution in [0.2, 0.25) is 0 Å². The zero-order valence-corrected chi connectivity index (χ0v) is 56.6. The smallest absolute Gasteiger partial charge is 0.326 e. The van der Waals surface area contributed by atoms with Gasteiger partial charge in [-0.1, -0.05) is 0 Å². The van der Waals surface area contributed by atoms with Crippen LogP contribution in [0.4, 0.5) is 0 Å². The van der Waals surface area contributed by atoms with Crippen molar-refractivity contribution in [2.24, 2.45) is 0 Å². The molecule has 17 atom stereocenters. The number of ether oxygens (including phenoxy) is 15. The van der Waals surface area contributed by atoms with Gasteiger partial charge in [-0.2, -0.15) is 0 Å². The normalized spacial score (nSPS) is 25.8. The molecule has 16 N–H and O–H groups in total. The number of unbranched alkanes of at least 4 members (excludes halogenated alkanes) is 2. The van der Waals surface area contributed by atoms with E-state index in [2.05, 4.69) is 37.2 Å². The van der Waals surface area contributed by atoms with Crippen molar-refractivity contribution in [2.75, 3.05) is 165 Å². The molecule has 3 fully saturated rings. The fourth-order valence-corrected chi connectivity index (χ4v) is 9.78. The molecule has 100 heavy (non-hydrogen) atoms. The molecule has 0 spiro atoms. The summed E-state index contributed by atoms with van der Waals surface area (Å²) in [6.45, 7) is 2.97. The van der Waals surface area contributed by atoms with E-state index in [0.29, 0.717) is 19.1 Å². The lowest BCUT2D eigenvalue weighted by Gasteiger charge is -2.42. The van der Waals surface area contributed by atoms with Crippen LogP contribution in [0.5, 0.6) is 0 Å². The molecule has 3 heterocycles. The number of carbonyl (C=O) groups is 9. The molecule has 2 unspecified atom stereocenters. The van der Waals surface area contributed by atoms with Gasteiger partial charge in [0.2, 0.25) is 41.4 Å². The molecule has 40 nitrogen and oxygen atoms in total. The number of carboxylic acid groups (broad SMARTS) is 1. The molecule has 0 saturated carbocycles. The molecule has 7 amide bonds. The van der Waals surface area contributed by atoms with Crippen LogP contribution in [0.1, 0.15) is 59.3 Å². The Hall–Kier alpha value is -5.49. The molecule has 0 aromatic heterocycles. The van der Waals surface area contributed by atoms with Gasteiger partial charge in [-0.3, -0.25) is 33.6 Å². The predicted octanol–water partition coefficient (Wildman–Crippen LogP) is -9.15. The number of hydrogen-bond donors (Lipinski definition) is 16. The van der Waals surface area contributed by atoms with E-state index in [9.17, 15) is 89.1 Å². The van der Waals surface area contributed by atoms with Gasteiger partial charge in [-0.05, 0) is 38.5 Å². The zero-order chi connectivity index (χ0) is 73.6. The van der Waals surface area contributed by atoms with Crippen molar-refractivity contribution >= 4 is 53.6 Å². The topological polar surface area (TPSA) is 558 Å². The lowest BCUT2D eigenvalue weighted by molar-refractivity contribution is -0.272. The maximum absolute atomic E-state index is 13.6. The molecule has 3 aliphatic rings. The number of hydrogen-bond acceptors (Lipinski definition) is 32. The van der Waals surface area contributed by atoms with E-state index in [4.69, 9.17) is 71.1 Å². The van der Waals surface area contributed by atoms with Gasteiger partial charge in [-0.15, -0.1) is 0 Å². The molecule has 0 bridgehead atoms. The number of aliphatic carboxylic acids is 1. The van der Waals surface area contributed by atoms with Gasteiger partial charge in [0.05, 0.1) is 132 Å². The summed E-state index contributed by atoms with van der Waals surface area (Å²) in [6.07, 6.45) is -14.6. The second-order valence-corrected chi connectivity index (χ2v) is 22.8. The fraction of sp³-hybridized carbons (Fsp3) is 0.850. The summed E-state index contributed by atoms with van der Waals surface area (Å²) in [4.78, 5) is 110. The average molecular weight is 1450 g/mol. The molecule has 3 rings (SSSR count). The second kappa shape index (κ2) is 52.5. The average Bonchev–Trinajstić information content (AvgIpc) is 0.824. The highest BCUT2D eigenvalue weighted by molar-refractivity contribution is 5.90. The van der Waals surface area contributed by atoms with E-state index in [-0.39, 0.29) is 171 Å². The predicted molar refractivity (Wildman–Crippen MR) is 336 cm³/mol. The van der Waals surface area contributed by atoms with E-state index in [1.54, 1.807) is 0 Å². The lowest BCUT2D eigenvalue weighted by Crippen LogP contribution is -2.64. The van der Waals surface area contributed by atoms with Crippen molar-refractivity contribution in [1.82, 2.24) is 37.2 Å². The number of carboxylic acids is 1. The summed E-state index contributed by atoms with van der Waals surface area (Å²) in [6, 6.07) is -5.92. The molecule has 0 aliphatic carbocycles. The van der Waals surface area contributed by atoms with Crippen LogP contribution < -0.4 is 37.2 Å². The Morgan fingerprint density at radius 2 is 0.720 bits per heavy atom. The highest BCUT2D eigenvalue weighted by Gasteiger charge is 2.48. The van der Waals surface area contributed by atoms with Crippen LogP contribution in [-0.2, 0) is 114 Å². The van der Waals surface area contributed by atoms with Crippen LogP contribution in [-0.4, -0.2) is 369 Å². The van der Waals surface area contributed by atoms with Gasteiger partial charge < -0.3 is 159 Å². The van der Waals surface area contributed by atoms with Crippen molar-refractivity contribution in [1.29, 1.82) is 0 Å². The Morgan fingerprint density at radius 1 is 0.400 bits per heavy atom. The molecule has 3 saturated heterocycles. The quantitative estimate of drug-likeness (QED) is 0.0199. The zero-order valence-electron chi connectivity index (χ0n) is 56.6. The minimum absolute atomic E-state index is 0.0208. The second-order valence-electron chi connectivity index (χ2n) is 22.8. The summed E-state index contributed by atoms with van der Waals surface area (Å²) < 4.78 is 82.0.